The summed E-state index contributed by atoms with van der Waals surface area (Å²) in [4.78, 5) is 12.0. The van der Waals surface area contributed by atoms with Gasteiger partial charge in [0, 0.05) is 17.4 Å². The summed E-state index contributed by atoms with van der Waals surface area (Å²) in [6, 6.07) is 7.37. The van der Waals surface area contributed by atoms with Crippen LogP contribution < -0.4 is 10.1 Å². The zero-order chi connectivity index (χ0) is 14.4. The number of unbranched alkanes of at least 4 members (excludes halogenated alkanes) is 1. The topological polar surface area (TPSA) is 38.3 Å². The van der Waals surface area contributed by atoms with Gasteiger partial charge in [0.1, 0.15) is 5.75 Å². The van der Waals surface area contributed by atoms with Crippen molar-refractivity contribution in [1.82, 2.24) is 5.32 Å². The number of carbonyl (C=O) groups excluding carboxylic acids is 1. The Kier molecular flexibility index (Phi) is 5.46. The molecule has 1 N–H and O–H groups in total. The summed E-state index contributed by atoms with van der Waals surface area (Å²) < 4.78 is 5.58. The molecule has 0 aromatic heterocycles. The third-order valence-electron chi connectivity index (χ3n) is 3.75. The van der Waals surface area contributed by atoms with E-state index in [0.717, 1.165) is 37.1 Å². The number of hydrogen-bond donors (Lipinski definition) is 1. The first kappa shape index (κ1) is 15.4. The van der Waals surface area contributed by atoms with E-state index in [0.29, 0.717) is 11.0 Å². The van der Waals surface area contributed by atoms with E-state index < -0.39 is 0 Å². The summed E-state index contributed by atoms with van der Waals surface area (Å²) in [7, 11) is 0. The number of nitrogens with one attached hydrogen (secondary N) is 1. The quantitative estimate of drug-likeness (QED) is 0.578. The fraction of sp³-hybridized carbons (Fsp3) is 0.562. The molecule has 0 bridgehead atoms. The summed E-state index contributed by atoms with van der Waals surface area (Å²) in [6.45, 7) is 3.62. The second kappa shape index (κ2) is 7.11. The molecule has 1 aromatic rings. The van der Waals surface area contributed by atoms with Crippen molar-refractivity contribution >= 4 is 21.8 Å². The summed E-state index contributed by atoms with van der Waals surface area (Å²) in [5.41, 5.74) is 0.997. The van der Waals surface area contributed by atoms with Gasteiger partial charge in [0.15, 0.2) is 0 Å². The van der Waals surface area contributed by atoms with Crippen LogP contribution in [-0.2, 0) is 0 Å². The predicted molar refractivity (Wildman–Crippen MR) is 84.6 cm³/mol. The van der Waals surface area contributed by atoms with Crippen molar-refractivity contribution in [2.24, 2.45) is 5.41 Å². The molecule has 2 rings (SSSR count). The molecule has 0 radical (unpaired) electrons. The Morgan fingerprint density at radius 3 is 2.60 bits per heavy atom. The van der Waals surface area contributed by atoms with Crippen molar-refractivity contribution in [2.75, 3.05) is 18.5 Å². The first-order chi connectivity index (χ1) is 9.69. The number of carbonyl (C=O) groups is 1. The van der Waals surface area contributed by atoms with Crippen LogP contribution in [0.3, 0.4) is 0 Å². The summed E-state index contributed by atoms with van der Waals surface area (Å²) in [6.07, 6.45) is 4.57. The molecule has 0 unspecified atom stereocenters. The number of rotatable bonds is 8. The van der Waals surface area contributed by atoms with Gasteiger partial charge in [0.2, 0.25) is 0 Å². The lowest BCUT2D eigenvalue weighted by Gasteiger charge is -2.13. The lowest BCUT2D eigenvalue weighted by Crippen LogP contribution is -2.30. The Labute approximate surface area is 129 Å². The third-order valence-corrected chi connectivity index (χ3v) is 4.94. The van der Waals surface area contributed by atoms with Crippen LogP contribution in [0.2, 0.25) is 0 Å². The van der Waals surface area contributed by atoms with Gasteiger partial charge in [-0.3, -0.25) is 4.79 Å². The van der Waals surface area contributed by atoms with E-state index in [-0.39, 0.29) is 5.91 Å². The SMILES string of the molecule is CCCCOc1ccc(C(=O)NCC2(CBr)CC2)cc1. The molecule has 1 aromatic carbocycles. The number of ether oxygens (including phenoxy) is 1. The first-order valence-corrected chi connectivity index (χ1v) is 8.38. The maximum absolute atomic E-state index is 12.0. The highest BCUT2D eigenvalue weighted by molar-refractivity contribution is 9.09. The molecule has 1 saturated carbocycles. The second-order valence-corrected chi connectivity index (χ2v) is 6.10. The van der Waals surface area contributed by atoms with E-state index in [1.165, 1.54) is 12.8 Å². The van der Waals surface area contributed by atoms with Crippen LogP contribution in [0, 0.1) is 5.41 Å². The van der Waals surface area contributed by atoms with E-state index >= 15 is 0 Å². The molecular weight excluding hydrogens is 318 g/mol. The average Bonchev–Trinajstić information content (AvgIpc) is 3.26. The number of benzene rings is 1. The molecule has 1 fully saturated rings. The number of amides is 1. The zero-order valence-corrected chi connectivity index (χ0v) is 13.5. The van der Waals surface area contributed by atoms with Crippen molar-refractivity contribution < 1.29 is 9.53 Å². The highest BCUT2D eigenvalue weighted by atomic mass is 79.9. The fourth-order valence-corrected chi connectivity index (χ4v) is 2.70. The Morgan fingerprint density at radius 1 is 1.35 bits per heavy atom. The summed E-state index contributed by atoms with van der Waals surface area (Å²) in [5.74, 6) is 0.825. The molecule has 4 heteroatoms. The molecule has 1 amide bonds. The highest BCUT2D eigenvalue weighted by Crippen LogP contribution is 2.46. The summed E-state index contributed by atoms with van der Waals surface area (Å²) >= 11 is 3.51. The zero-order valence-electron chi connectivity index (χ0n) is 12.0. The van der Waals surface area contributed by atoms with E-state index in [1.807, 2.05) is 24.3 Å². The Hall–Kier alpha value is -1.03. The predicted octanol–water partition coefficient (Wildman–Crippen LogP) is 3.77. The number of hydrogen-bond acceptors (Lipinski definition) is 2. The van der Waals surface area contributed by atoms with E-state index in [1.54, 1.807) is 0 Å². The van der Waals surface area contributed by atoms with Crippen LogP contribution in [0.5, 0.6) is 5.75 Å². The van der Waals surface area contributed by atoms with Crippen LogP contribution in [0.4, 0.5) is 0 Å². The highest BCUT2D eigenvalue weighted by Gasteiger charge is 2.41. The normalized spacial score (nSPS) is 15.7. The Balaban J connectivity index is 1.81. The molecule has 1 aliphatic carbocycles. The standard InChI is InChI=1S/C16H22BrNO2/c1-2-3-10-20-14-6-4-13(5-7-14)15(19)18-12-16(11-17)8-9-16/h4-7H,2-3,8-12H2,1H3,(H,18,19). The minimum Gasteiger partial charge on any atom is -0.494 e. The lowest BCUT2D eigenvalue weighted by molar-refractivity contribution is 0.0946. The minimum absolute atomic E-state index is 0.00247. The second-order valence-electron chi connectivity index (χ2n) is 5.54. The van der Waals surface area contributed by atoms with Crippen LogP contribution in [0.25, 0.3) is 0 Å². The van der Waals surface area contributed by atoms with Gasteiger partial charge in [-0.2, -0.15) is 0 Å². The molecule has 1 aliphatic rings. The molecule has 0 atom stereocenters. The van der Waals surface area contributed by atoms with Gasteiger partial charge in [-0.15, -0.1) is 0 Å². The average molecular weight is 340 g/mol. The van der Waals surface area contributed by atoms with Crippen molar-refractivity contribution in [2.45, 2.75) is 32.6 Å². The maximum atomic E-state index is 12.0. The molecule has 0 spiro atoms. The van der Waals surface area contributed by atoms with E-state index in [9.17, 15) is 4.79 Å². The molecule has 0 aliphatic heterocycles. The maximum Gasteiger partial charge on any atom is 0.251 e. The Bertz CT molecular complexity index is 440. The third kappa shape index (κ3) is 4.23. The Morgan fingerprint density at radius 2 is 2.05 bits per heavy atom. The minimum atomic E-state index is -0.00247. The monoisotopic (exact) mass is 339 g/mol. The van der Waals surface area contributed by atoms with Gasteiger partial charge in [0.05, 0.1) is 6.61 Å². The van der Waals surface area contributed by atoms with Gasteiger partial charge >= 0.3 is 0 Å². The smallest absolute Gasteiger partial charge is 0.251 e. The van der Waals surface area contributed by atoms with Gasteiger partial charge in [-0.1, -0.05) is 29.3 Å². The van der Waals surface area contributed by atoms with Crippen LogP contribution in [0.15, 0.2) is 24.3 Å². The number of halogens is 1. The van der Waals surface area contributed by atoms with Crippen LogP contribution in [-0.4, -0.2) is 24.4 Å². The van der Waals surface area contributed by atoms with Gasteiger partial charge in [-0.25, -0.2) is 0 Å². The molecule has 110 valence electrons. The number of alkyl halides is 1. The lowest BCUT2D eigenvalue weighted by atomic mass is 10.1. The van der Waals surface area contributed by atoms with Crippen molar-refractivity contribution in [1.29, 1.82) is 0 Å². The largest absolute Gasteiger partial charge is 0.494 e. The fourth-order valence-electron chi connectivity index (χ4n) is 1.94. The van der Waals surface area contributed by atoms with Gasteiger partial charge < -0.3 is 10.1 Å². The van der Waals surface area contributed by atoms with Crippen LogP contribution in [0.1, 0.15) is 43.0 Å². The van der Waals surface area contributed by atoms with Gasteiger partial charge in [-0.05, 0) is 48.9 Å². The first-order valence-electron chi connectivity index (χ1n) is 7.26. The molecule has 20 heavy (non-hydrogen) atoms. The molecule has 3 nitrogen and oxygen atoms in total. The molecule has 0 heterocycles. The van der Waals surface area contributed by atoms with Gasteiger partial charge in [0.25, 0.3) is 5.91 Å². The van der Waals surface area contributed by atoms with Crippen molar-refractivity contribution in [3.63, 3.8) is 0 Å². The van der Waals surface area contributed by atoms with E-state index in [4.69, 9.17) is 4.74 Å². The molecule has 0 saturated heterocycles. The van der Waals surface area contributed by atoms with Crippen molar-refractivity contribution in [3.05, 3.63) is 29.8 Å². The van der Waals surface area contributed by atoms with Crippen LogP contribution >= 0.6 is 15.9 Å². The van der Waals surface area contributed by atoms with Crippen molar-refractivity contribution in [3.8, 4) is 5.75 Å². The summed E-state index contributed by atoms with van der Waals surface area (Å²) in [5, 5.41) is 3.98. The van der Waals surface area contributed by atoms with E-state index in [2.05, 4.69) is 28.2 Å². The molecular formula is C16H22BrNO2.